The minimum Gasteiger partial charge on any atom is -0.465 e. The molecule has 0 atom stereocenters. The van der Waals surface area contributed by atoms with Crippen molar-refractivity contribution in [2.75, 3.05) is 19.7 Å². The molecule has 0 aliphatic heterocycles. The molecule has 8 nitrogen and oxygen atoms in total. The lowest BCUT2D eigenvalue weighted by Gasteiger charge is -2.18. The molecular weight excluding hydrogens is 268 g/mol. The predicted octanol–water partition coefficient (Wildman–Crippen LogP) is 1.38. The zero-order chi connectivity index (χ0) is 15.1. The van der Waals surface area contributed by atoms with E-state index >= 15 is 0 Å². The highest BCUT2D eigenvalue weighted by atomic mass is 16.6. The number of nitrogens with zero attached hydrogens (tertiary/aromatic N) is 2. The number of nitro groups is 1. The highest BCUT2D eigenvalue weighted by molar-refractivity contribution is 5.93. The monoisotopic (exact) mass is 282 g/mol. The number of furan rings is 1. The number of hydrogen-bond donors (Lipinski definition) is 0. The number of hydrogen-bond acceptors (Lipinski definition) is 6. The summed E-state index contributed by atoms with van der Waals surface area (Å²) in [6.45, 7) is 5.13. The summed E-state index contributed by atoms with van der Waals surface area (Å²) < 4.78 is 9.54. The van der Waals surface area contributed by atoms with Crippen LogP contribution in [0.3, 0.4) is 0 Å². The molecule has 0 radical (unpaired) electrons. The quantitative estimate of drug-likeness (QED) is 0.324. The standard InChI is InChI=1S/C12H14N2O6/c1-3-7-13(8-11(15)19-4-2)12(16)9-5-6-10(20-9)14(17)18/h3,5-6H,1,4,7-8H2,2H3. The molecule has 0 bridgehead atoms. The summed E-state index contributed by atoms with van der Waals surface area (Å²) in [5.41, 5.74) is 0. The summed E-state index contributed by atoms with van der Waals surface area (Å²) >= 11 is 0. The molecule has 0 fully saturated rings. The van der Waals surface area contributed by atoms with Crippen LogP contribution in [0.15, 0.2) is 29.2 Å². The number of esters is 1. The summed E-state index contributed by atoms with van der Waals surface area (Å²) in [4.78, 5) is 34.3. The lowest BCUT2D eigenvalue weighted by Crippen LogP contribution is -2.36. The van der Waals surface area contributed by atoms with Crippen LogP contribution in [-0.2, 0) is 9.53 Å². The van der Waals surface area contributed by atoms with E-state index < -0.39 is 22.7 Å². The van der Waals surface area contributed by atoms with E-state index in [1.165, 1.54) is 12.1 Å². The molecule has 0 aliphatic carbocycles. The normalized spacial score (nSPS) is 9.85. The van der Waals surface area contributed by atoms with Gasteiger partial charge < -0.3 is 14.1 Å². The molecule has 0 unspecified atom stereocenters. The Labute approximate surface area is 114 Å². The van der Waals surface area contributed by atoms with Gasteiger partial charge in [0.1, 0.15) is 11.5 Å². The van der Waals surface area contributed by atoms with Gasteiger partial charge in [0.15, 0.2) is 5.76 Å². The van der Waals surface area contributed by atoms with Crippen LogP contribution in [0.4, 0.5) is 5.88 Å². The molecular formula is C12H14N2O6. The Morgan fingerprint density at radius 2 is 2.25 bits per heavy atom. The van der Waals surface area contributed by atoms with E-state index in [2.05, 4.69) is 6.58 Å². The van der Waals surface area contributed by atoms with Gasteiger partial charge in [-0.3, -0.25) is 19.7 Å². The molecule has 1 heterocycles. The molecule has 1 aromatic heterocycles. The Morgan fingerprint density at radius 3 is 2.75 bits per heavy atom. The number of ether oxygens (including phenoxy) is 1. The predicted molar refractivity (Wildman–Crippen MR) is 68.1 cm³/mol. The Morgan fingerprint density at radius 1 is 1.55 bits per heavy atom. The van der Waals surface area contributed by atoms with Crippen LogP contribution in [0.2, 0.25) is 0 Å². The van der Waals surface area contributed by atoms with E-state index in [9.17, 15) is 19.7 Å². The summed E-state index contributed by atoms with van der Waals surface area (Å²) in [6.07, 6.45) is 1.43. The SMILES string of the molecule is C=CCN(CC(=O)OCC)C(=O)c1ccc([N+](=O)[O-])o1. The summed E-state index contributed by atoms with van der Waals surface area (Å²) in [5, 5.41) is 10.5. The van der Waals surface area contributed by atoms with Crippen LogP contribution >= 0.6 is 0 Å². The van der Waals surface area contributed by atoms with Crippen LogP contribution in [0.5, 0.6) is 0 Å². The van der Waals surface area contributed by atoms with Crippen molar-refractivity contribution in [1.82, 2.24) is 4.90 Å². The number of rotatable bonds is 7. The first kappa shape index (κ1) is 15.4. The van der Waals surface area contributed by atoms with Gasteiger partial charge in [-0.05, 0) is 13.0 Å². The third-order valence-electron chi connectivity index (χ3n) is 2.24. The van der Waals surface area contributed by atoms with Crippen LogP contribution in [0.25, 0.3) is 0 Å². The highest BCUT2D eigenvalue weighted by Gasteiger charge is 2.23. The zero-order valence-corrected chi connectivity index (χ0v) is 10.9. The molecule has 1 aromatic rings. The van der Waals surface area contributed by atoms with Crippen molar-refractivity contribution in [1.29, 1.82) is 0 Å². The molecule has 0 saturated carbocycles. The summed E-state index contributed by atoms with van der Waals surface area (Å²) in [6, 6.07) is 2.26. The van der Waals surface area contributed by atoms with Gasteiger partial charge >= 0.3 is 11.9 Å². The third-order valence-corrected chi connectivity index (χ3v) is 2.24. The van der Waals surface area contributed by atoms with Crippen LogP contribution in [-0.4, -0.2) is 41.4 Å². The molecule has 1 amide bonds. The minimum absolute atomic E-state index is 0.0894. The maximum Gasteiger partial charge on any atom is 0.433 e. The van der Waals surface area contributed by atoms with E-state index in [0.29, 0.717) is 0 Å². The van der Waals surface area contributed by atoms with Gasteiger partial charge in [-0.15, -0.1) is 6.58 Å². The summed E-state index contributed by atoms with van der Waals surface area (Å²) in [5.74, 6) is -1.99. The molecule has 0 saturated heterocycles. The average molecular weight is 282 g/mol. The van der Waals surface area contributed by atoms with Crippen LogP contribution < -0.4 is 0 Å². The van der Waals surface area contributed by atoms with Crippen LogP contribution in [0.1, 0.15) is 17.5 Å². The van der Waals surface area contributed by atoms with E-state index in [-0.39, 0.29) is 25.5 Å². The van der Waals surface area contributed by atoms with Crippen molar-refractivity contribution in [2.24, 2.45) is 0 Å². The molecule has 0 N–H and O–H groups in total. The summed E-state index contributed by atoms with van der Waals surface area (Å²) in [7, 11) is 0. The Balaban J connectivity index is 2.84. The largest absolute Gasteiger partial charge is 0.465 e. The Kier molecular flexibility index (Phi) is 5.45. The molecule has 108 valence electrons. The first-order valence-electron chi connectivity index (χ1n) is 5.79. The third kappa shape index (κ3) is 3.94. The fourth-order valence-corrected chi connectivity index (χ4v) is 1.43. The zero-order valence-electron chi connectivity index (χ0n) is 10.9. The number of carbonyl (C=O) groups is 2. The smallest absolute Gasteiger partial charge is 0.433 e. The van der Waals surface area contributed by atoms with Gasteiger partial charge in [0.25, 0.3) is 5.91 Å². The van der Waals surface area contributed by atoms with Gasteiger partial charge in [-0.25, -0.2) is 0 Å². The molecule has 20 heavy (non-hydrogen) atoms. The molecule has 8 heteroatoms. The number of amides is 1. The van der Waals surface area contributed by atoms with Crippen molar-refractivity contribution < 1.29 is 23.7 Å². The average Bonchev–Trinajstić information content (AvgIpc) is 2.87. The Bertz CT molecular complexity index is 522. The van der Waals surface area contributed by atoms with E-state index in [0.717, 1.165) is 11.0 Å². The molecule has 0 aliphatic rings. The second kappa shape index (κ2) is 7.07. The highest BCUT2D eigenvalue weighted by Crippen LogP contribution is 2.17. The fourth-order valence-electron chi connectivity index (χ4n) is 1.43. The Hall–Kier alpha value is -2.64. The van der Waals surface area contributed by atoms with Crippen molar-refractivity contribution in [3.05, 3.63) is 40.7 Å². The van der Waals surface area contributed by atoms with Crippen molar-refractivity contribution >= 4 is 17.8 Å². The maximum atomic E-state index is 12.1. The van der Waals surface area contributed by atoms with E-state index in [4.69, 9.17) is 9.15 Å². The van der Waals surface area contributed by atoms with Crippen molar-refractivity contribution in [3.8, 4) is 0 Å². The van der Waals surface area contributed by atoms with Crippen LogP contribution in [0, 0.1) is 10.1 Å². The maximum absolute atomic E-state index is 12.1. The van der Waals surface area contributed by atoms with Gasteiger partial charge in [0.2, 0.25) is 0 Å². The van der Waals surface area contributed by atoms with Gasteiger partial charge in [-0.1, -0.05) is 6.08 Å². The topological polar surface area (TPSA) is 103 Å². The van der Waals surface area contributed by atoms with E-state index in [1.807, 2.05) is 0 Å². The molecule has 0 spiro atoms. The van der Waals surface area contributed by atoms with E-state index in [1.54, 1.807) is 6.92 Å². The minimum atomic E-state index is -0.750. The second-order valence-corrected chi connectivity index (χ2v) is 3.67. The molecule has 1 rings (SSSR count). The van der Waals surface area contributed by atoms with Gasteiger partial charge in [-0.2, -0.15) is 0 Å². The van der Waals surface area contributed by atoms with Gasteiger partial charge in [0, 0.05) is 6.54 Å². The number of carbonyl (C=O) groups excluding carboxylic acids is 2. The first-order valence-corrected chi connectivity index (χ1v) is 5.79. The van der Waals surface area contributed by atoms with Crippen molar-refractivity contribution in [2.45, 2.75) is 6.92 Å². The lowest BCUT2D eigenvalue weighted by molar-refractivity contribution is -0.402. The van der Waals surface area contributed by atoms with Crippen molar-refractivity contribution in [3.63, 3.8) is 0 Å². The first-order chi connectivity index (χ1) is 9.49. The second-order valence-electron chi connectivity index (χ2n) is 3.67. The fraction of sp³-hybridized carbons (Fsp3) is 0.333. The van der Waals surface area contributed by atoms with Gasteiger partial charge in [0.05, 0.1) is 12.7 Å². The lowest BCUT2D eigenvalue weighted by atomic mass is 10.3. The molecule has 0 aromatic carbocycles.